The highest BCUT2D eigenvalue weighted by Crippen LogP contribution is 2.38. The Balaban J connectivity index is 1.57. The standard InChI is InChI=1S/C20H22O6/c21-11-16-18-17(25-20(26-18)14-9-5-2-6-10-14)15(22)12-23-19(24-16)13-7-3-1-4-8-13/h1-10,15-22H,11-12H2/t15-,16+,17-,18-,19?,20?/m0/s1. The summed E-state index contributed by atoms with van der Waals surface area (Å²) in [5.41, 5.74) is 1.67. The fourth-order valence-corrected chi connectivity index (χ4v) is 3.34. The minimum absolute atomic E-state index is 0.0454. The third kappa shape index (κ3) is 3.53. The Morgan fingerprint density at radius 1 is 0.769 bits per heavy atom. The van der Waals surface area contributed by atoms with Crippen molar-refractivity contribution in [3.63, 3.8) is 0 Å². The molecule has 0 saturated carbocycles. The van der Waals surface area contributed by atoms with Gasteiger partial charge in [-0.1, -0.05) is 60.7 Å². The average Bonchev–Trinajstić information content (AvgIpc) is 3.13. The fraction of sp³-hybridized carbons (Fsp3) is 0.400. The molecule has 0 spiro atoms. The van der Waals surface area contributed by atoms with Crippen LogP contribution in [-0.4, -0.2) is 47.8 Å². The minimum atomic E-state index is -0.891. The molecule has 0 aliphatic carbocycles. The summed E-state index contributed by atoms with van der Waals surface area (Å²) in [6.07, 6.45) is -4.13. The summed E-state index contributed by atoms with van der Waals surface area (Å²) < 4.78 is 23.7. The SMILES string of the molecule is OC[C@H]1OC(c2ccccc2)OC[C@H](O)[C@@H]2OC(c3ccccc3)O[C@H]21. The Morgan fingerprint density at radius 3 is 1.96 bits per heavy atom. The lowest BCUT2D eigenvalue weighted by molar-refractivity contribution is -0.239. The van der Waals surface area contributed by atoms with Gasteiger partial charge < -0.3 is 29.2 Å². The zero-order chi connectivity index (χ0) is 17.9. The van der Waals surface area contributed by atoms with Crippen molar-refractivity contribution in [1.82, 2.24) is 0 Å². The molecule has 2 saturated heterocycles. The molecule has 0 bridgehead atoms. The highest BCUT2D eigenvalue weighted by Gasteiger charge is 2.47. The van der Waals surface area contributed by atoms with Crippen LogP contribution >= 0.6 is 0 Å². The van der Waals surface area contributed by atoms with E-state index in [1.165, 1.54) is 0 Å². The van der Waals surface area contributed by atoms with Gasteiger partial charge in [0.2, 0.25) is 0 Å². The largest absolute Gasteiger partial charge is 0.394 e. The molecule has 6 heteroatoms. The maximum Gasteiger partial charge on any atom is 0.184 e. The van der Waals surface area contributed by atoms with Crippen molar-refractivity contribution < 1.29 is 29.2 Å². The van der Waals surface area contributed by atoms with E-state index in [9.17, 15) is 10.2 Å². The van der Waals surface area contributed by atoms with Gasteiger partial charge in [-0.2, -0.15) is 0 Å². The Labute approximate surface area is 151 Å². The Hall–Kier alpha value is -1.80. The number of fused-ring (bicyclic) bond motifs is 1. The number of hydrogen-bond acceptors (Lipinski definition) is 6. The summed E-state index contributed by atoms with van der Waals surface area (Å²) in [6.45, 7) is -0.227. The van der Waals surface area contributed by atoms with Gasteiger partial charge in [0, 0.05) is 11.1 Å². The van der Waals surface area contributed by atoms with Crippen LogP contribution < -0.4 is 0 Å². The zero-order valence-electron chi connectivity index (χ0n) is 14.2. The topological polar surface area (TPSA) is 77.4 Å². The second-order valence-corrected chi connectivity index (χ2v) is 6.44. The molecule has 0 aromatic heterocycles. The van der Waals surface area contributed by atoms with Crippen molar-refractivity contribution in [2.24, 2.45) is 0 Å². The van der Waals surface area contributed by atoms with Crippen LogP contribution in [0.5, 0.6) is 0 Å². The lowest BCUT2D eigenvalue weighted by Crippen LogP contribution is -2.49. The summed E-state index contributed by atoms with van der Waals surface area (Å²) >= 11 is 0. The number of aliphatic hydroxyl groups excluding tert-OH is 2. The monoisotopic (exact) mass is 358 g/mol. The van der Waals surface area contributed by atoms with E-state index >= 15 is 0 Å². The number of benzene rings is 2. The van der Waals surface area contributed by atoms with Crippen LogP contribution in [0.1, 0.15) is 23.7 Å². The molecule has 4 rings (SSSR count). The van der Waals surface area contributed by atoms with Gasteiger partial charge >= 0.3 is 0 Å². The van der Waals surface area contributed by atoms with E-state index in [4.69, 9.17) is 18.9 Å². The highest BCUT2D eigenvalue weighted by atomic mass is 16.8. The smallest absolute Gasteiger partial charge is 0.184 e. The third-order valence-electron chi connectivity index (χ3n) is 4.67. The maximum atomic E-state index is 10.6. The van der Waals surface area contributed by atoms with E-state index in [0.717, 1.165) is 11.1 Å². The van der Waals surface area contributed by atoms with E-state index in [0.29, 0.717) is 0 Å². The molecule has 26 heavy (non-hydrogen) atoms. The summed E-state index contributed by atoms with van der Waals surface area (Å²) in [4.78, 5) is 0. The normalized spacial score (nSPS) is 34.7. The second-order valence-electron chi connectivity index (χ2n) is 6.44. The Morgan fingerprint density at radius 2 is 1.35 bits per heavy atom. The van der Waals surface area contributed by atoms with E-state index in [2.05, 4.69) is 0 Å². The van der Waals surface area contributed by atoms with Crippen molar-refractivity contribution >= 4 is 0 Å². The van der Waals surface area contributed by atoms with Crippen LogP contribution in [-0.2, 0) is 18.9 Å². The molecule has 0 amide bonds. The number of aliphatic hydroxyl groups is 2. The fourth-order valence-electron chi connectivity index (χ4n) is 3.34. The number of hydrogen-bond donors (Lipinski definition) is 2. The molecular formula is C20H22O6. The summed E-state index contributed by atoms with van der Waals surface area (Å²) in [5, 5.41) is 20.4. The van der Waals surface area contributed by atoms with Crippen LogP contribution in [0.15, 0.2) is 60.7 Å². The molecule has 2 aliphatic heterocycles. The van der Waals surface area contributed by atoms with Gasteiger partial charge in [-0.3, -0.25) is 0 Å². The number of rotatable bonds is 3. The molecule has 6 nitrogen and oxygen atoms in total. The van der Waals surface area contributed by atoms with Gasteiger partial charge in [-0.25, -0.2) is 0 Å². The van der Waals surface area contributed by atoms with Gasteiger partial charge in [0.1, 0.15) is 24.4 Å². The quantitative estimate of drug-likeness (QED) is 0.873. The van der Waals surface area contributed by atoms with E-state index in [-0.39, 0.29) is 13.2 Å². The van der Waals surface area contributed by atoms with Gasteiger partial charge in [0.25, 0.3) is 0 Å². The Bertz CT molecular complexity index is 694. The lowest BCUT2D eigenvalue weighted by atomic mass is 10.0. The third-order valence-corrected chi connectivity index (χ3v) is 4.67. The van der Waals surface area contributed by atoms with Crippen LogP contribution in [0, 0.1) is 0 Å². The maximum absolute atomic E-state index is 10.6. The van der Waals surface area contributed by atoms with Crippen LogP contribution in [0.4, 0.5) is 0 Å². The molecule has 138 valence electrons. The van der Waals surface area contributed by atoms with Gasteiger partial charge in [-0.05, 0) is 0 Å². The first kappa shape index (κ1) is 17.6. The Kier molecular flexibility index (Phi) is 5.31. The van der Waals surface area contributed by atoms with E-state index < -0.39 is 37.0 Å². The summed E-state index contributed by atoms with van der Waals surface area (Å²) in [6, 6.07) is 18.9. The predicted octanol–water partition coefficient (Wildman–Crippen LogP) is 1.94. The van der Waals surface area contributed by atoms with E-state index in [1.54, 1.807) is 0 Å². The molecule has 2 N–H and O–H groups in total. The molecule has 2 unspecified atom stereocenters. The molecule has 6 atom stereocenters. The predicted molar refractivity (Wildman–Crippen MR) is 92.0 cm³/mol. The molecule has 2 aliphatic rings. The summed E-state index contributed by atoms with van der Waals surface area (Å²) in [5.74, 6) is 0. The van der Waals surface area contributed by atoms with Crippen molar-refractivity contribution in [2.45, 2.75) is 37.0 Å². The van der Waals surface area contributed by atoms with Crippen molar-refractivity contribution in [3.8, 4) is 0 Å². The summed E-state index contributed by atoms with van der Waals surface area (Å²) in [7, 11) is 0. The first-order chi connectivity index (χ1) is 12.8. The van der Waals surface area contributed by atoms with Gasteiger partial charge in [0.05, 0.1) is 13.2 Å². The van der Waals surface area contributed by atoms with Crippen molar-refractivity contribution in [3.05, 3.63) is 71.8 Å². The van der Waals surface area contributed by atoms with Crippen LogP contribution in [0.3, 0.4) is 0 Å². The van der Waals surface area contributed by atoms with Crippen molar-refractivity contribution in [2.75, 3.05) is 13.2 Å². The molecule has 2 heterocycles. The molecule has 0 radical (unpaired) electrons. The minimum Gasteiger partial charge on any atom is -0.394 e. The zero-order valence-corrected chi connectivity index (χ0v) is 14.2. The highest BCUT2D eigenvalue weighted by molar-refractivity contribution is 5.18. The van der Waals surface area contributed by atoms with Crippen LogP contribution in [0.2, 0.25) is 0 Å². The van der Waals surface area contributed by atoms with E-state index in [1.807, 2.05) is 60.7 Å². The average molecular weight is 358 g/mol. The first-order valence-electron chi connectivity index (χ1n) is 8.73. The second kappa shape index (κ2) is 7.84. The van der Waals surface area contributed by atoms with Crippen molar-refractivity contribution in [1.29, 1.82) is 0 Å². The number of ether oxygens (including phenoxy) is 4. The van der Waals surface area contributed by atoms with Gasteiger partial charge in [0.15, 0.2) is 12.6 Å². The molecule has 2 fully saturated rings. The molecular weight excluding hydrogens is 336 g/mol. The van der Waals surface area contributed by atoms with Crippen LogP contribution in [0.25, 0.3) is 0 Å². The lowest BCUT2D eigenvalue weighted by Gasteiger charge is -2.34. The molecule has 2 aromatic rings. The van der Waals surface area contributed by atoms with Gasteiger partial charge in [-0.15, -0.1) is 0 Å². The first-order valence-corrected chi connectivity index (χ1v) is 8.73. The molecule has 2 aromatic carbocycles.